The number of amides is 1. The van der Waals surface area contributed by atoms with Gasteiger partial charge in [-0.3, -0.25) is 9.52 Å². The molecule has 3 rings (SSSR count). The summed E-state index contributed by atoms with van der Waals surface area (Å²) in [6, 6.07) is 15.7. The lowest BCUT2D eigenvalue weighted by atomic mass is 10.0. The Morgan fingerprint density at radius 1 is 0.914 bits per heavy atom. The van der Waals surface area contributed by atoms with Gasteiger partial charge in [-0.2, -0.15) is 0 Å². The van der Waals surface area contributed by atoms with Crippen LogP contribution >= 0.6 is 11.6 Å². The van der Waals surface area contributed by atoms with E-state index in [2.05, 4.69) is 10.0 Å². The number of aliphatic carboxylic acids is 1. The Labute approximate surface area is 210 Å². The normalized spacial score (nSPS) is 12.3. The fraction of sp³-hybridized carbons (Fsp3) is 0.231. The summed E-state index contributed by atoms with van der Waals surface area (Å²) in [5.41, 5.74) is 3.43. The summed E-state index contributed by atoms with van der Waals surface area (Å²) < 4.78 is 28.6. The number of hydrogen-bond acceptors (Lipinski definition) is 4. The van der Waals surface area contributed by atoms with Crippen LogP contribution in [0.1, 0.15) is 35.3 Å². The lowest BCUT2D eigenvalue weighted by Gasteiger charge is -2.18. The van der Waals surface area contributed by atoms with Crippen LogP contribution in [0.2, 0.25) is 5.02 Å². The van der Waals surface area contributed by atoms with Crippen LogP contribution in [0.25, 0.3) is 11.1 Å². The minimum Gasteiger partial charge on any atom is -0.480 e. The van der Waals surface area contributed by atoms with E-state index in [0.29, 0.717) is 27.4 Å². The van der Waals surface area contributed by atoms with E-state index in [9.17, 15) is 23.1 Å². The Morgan fingerprint density at radius 2 is 1.57 bits per heavy atom. The van der Waals surface area contributed by atoms with Crippen LogP contribution in [-0.2, 0) is 14.8 Å². The minimum absolute atomic E-state index is 0.154. The molecular weight excluding hydrogens is 488 g/mol. The molecule has 0 fully saturated rings. The Morgan fingerprint density at radius 3 is 2.17 bits per heavy atom. The monoisotopic (exact) mass is 514 g/mol. The van der Waals surface area contributed by atoms with E-state index in [0.717, 1.165) is 11.1 Å². The molecule has 0 bridgehead atoms. The molecule has 0 heterocycles. The second-order valence-electron chi connectivity index (χ2n) is 8.66. The number of sulfonamides is 1. The fourth-order valence-corrected chi connectivity index (χ4v) is 5.15. The SMILES string of the molecule is Cc1cc(S(=O)(=O)Nc2cccc(-c3ccc(C(=O)N[C@@H](C(=O)O)C(C)C)cc3)c2)c(C)cc1Cl. The van der Waals surface area contributed by atoms with E-state index in [-0.39, 0.29) is 10.8 Å². The Balaban J connectivity index is 1.81. The van der Waals surface area contributed by atoms with Crippen LogP contribution < -0.4 is 10.0 Å². The summed E-state index contributed by atoms with van der Waals surface area (Å²) in [6.45, 7) is 6.88. The van der Waals surface area contributed by atoms with Gasteiger partial charge in [0, 0.05) is 16.3 Å². The van der Waals surface area contributed by atoms with Crippen LogP contribution in [-0.4, -0.2) is 31.4 Å². The molecule has 0 saturated carbocycles. The van der Waals surface area contributed by atoms with Gasteiger partial charge < -0.3 is 10.4 Å². The van der Waals surface area contributed by atoms with Crippen molar-refractivity contribution in [3.05, 3.63) is 82.4 Å². The number of carboxylic acid groups (broad SMARTS) is 1. The zero-order chi connectivity index (χ0) is 25.9. The molecule has 0 aliphatic heterocycles. The number of carboxylic acids is 1. The van der Waals surface area contributed by atoms with Crippen molar-refractivity contribution in [2.45, 2.75) is 38.6 Å². The molecule has 3 aromatic rings. The van der Waals surface area contributed by atoms with Crippen molar-refractivity contribution >= 4 is 39.2 Å². The first kappa shape index (κ1) is 26.2. The highest BCUT2D eigenvalue weighted by molar-refractivity contribution is 7.92. The molecule has 3 aromatic carbocycles. The van der Waals surface area contributed by atoms with Gasteiger partial charge in [0.1, 0.15) is 6.04 Å². The van der Waals surface area contributed by atoms with Crippen LogP contribution in [0.3, 0.4) is 0 Å². The van der Waals surface area contributed by atoms with E-state index < -0.39 is 27.9 Å². The molecule has 0 saturated heterocycles. The molecule has 0 aromatic heterocycles. The second kappa shape index (κ2) is 10.5. The van der Waals surface area contributed by atoms with Crippen LogP contribution in [0.15, 0.2) is 65.6 Å². The topological polar surface area (TPSA) is 113 Å². The number of carbonyl (C=O) groups is 2. The third-order valence-corrected chi connectivity index (χ3v) is 7.49. The fourth-order valence-electron chi connectivity index (χ4n) is 3.57. The molecular formula is C26H27ClN2O5S. The van der Waals surface area contributed by atoms with Crippen molar-refractivity contribution in [3.8, 4) is 11.1 Å². The number of hydrogen-bond donors (Lipinski definition) is 3. The number of anilines is 1. The van der Waals surface area contributed by atoms with E-state index in [4.69, 9.17) is 11.6 Å². The van der Waals surface area contributed by atoms with Gasteiger partial charge in [-0.1, -0.05) is 49.7 Å². The summed E-state index contributed by atoms with van der Waals surface area (Å²) in [4.78, 5) is 24.0. The largest absolute Gasteiger partial charge is 0.480 e. The predicted molar refractivity (Wildman–Crippen MR) is 137 cm³/mol. The zero-order valence-electron chi connectivity index (χ0n) is 19.8. The number of aryl methyl sites for hydroxylation is 2. The van der Waals surface area contributed by atoms with Crippen molar-refractivity contribution in [1.82, 2.24) is 5.32 Å². The highest BCUT2D eigenvalue weighted by Gasteiger charge is 2.24. The smallest absolute Gasteiger partial charge is 0.326 e. The summed E-state index contributed by atoms with van der Waals surface area (Å²) >= 11 is 6.10. The number of benzene rings is 3. The van der Waals surface area contributed by atoms with Gasteiger partial charge in [0.2, 0.25) is 0 Å². The Hall–Kier alpha value is -3.36. The minimum atomic E-state index is -3.84. The van der Waals surface area contributed by atoms with Crippen molar-refractivity contribution in [1.29, 1.82) is 0 Å². The van der Waals surface area contributed by atoms with Crippen molar-refractivity contribution in [2.75, 3.05) is 4.72 Å². The van der Waals surface area contributed by atoms with Gasteiger partial charge in [0.25, 0.3) is 15.9 Å². The Bertz CT molecular complexity index is 1370. The van der Waals surface area contributed by atoms with E-state index >= 15 is 0 Å². The van der Waals surface area contributed by atoms with Crippen LogP contribution in [0, 0.1) is 19.8 Å². The molecule has 0 spiro atoms. The molecule has 184 valence electrons. The molecule has 0 radical (unpaired) electrons. The maximum atomic E-state index is 13.0. The molecule has 1 amide bonds. The molecule has 1 atom stereocenters. The molecule has 0 aliphatic carbocycles. The first-order valence-electron chi connectivity index (χ1n) is 10.9. The van der Waals surface area contributed by atoms with E-state index in [1.54, 1.807) is 82.3 Å². The Kier molecular flexibility index (Phi) is 7.87. The molecule has 0 aliphatic rings. The maximum absolute atomic E-state index is 13.0. The summed E-state index contributed by atoms with van der Waals surface area (Å²) in [5, 5.41) is 12.3. The summed E-state index contributed by atoms with van der Waals surface area (Å²) in [7, 11) is -3.84. The van der Waals surface area contributed by atoms with Gasteiger partial charge >= 0.3 is 5.97 Å². The molecule has 0 unspecified atom stereocenters. The highest BCUT2D eigenvalue weighted by atomic mass is 35.5. The van der Waals surface area contributed by atoms with Gasteiger partial charge in [0.05, 0.1) is 4.90 Å². The summed E-state index contributed by atoms with van der Waals surface area (Å²) in [6.07, 6.45) is 0. The number of rotatable bonds is 8. The van der Waals surface area contributed by atoms with Crippen molar-refractivity contribution in [3.63, 3.8) is 0 Å². The standard InChI is InChI=1S/C26H27ClN2O5S/c1-15(2)24(26(31)32)28-25(30)19-10-8-18(9-11-19)20-6-5-7-21(14-20)29-35(33,34)23-13-16(3)22(27)12-17(23)4/h5-15,24,29H,1-4H3,(H,28,30)(H,31,32)/t24-/m1/s1. The summed E-state index contributed by atoms with van der Waals surface area (Å²) in [5.74, 6) is -1.83. The third kappa shape index (κ3) is 6.21. The van der Waals surface area contributed by atoms with Crippen molar-refractivity contribution < 1.29 is 23.1 Å². The average molecular weight is 515 g/mol. The molecule has 35 heavy (non-hydrogen) atoms. The van der Waals surface area contributed by atoms with Gasteiger partial charge in [-0.25, -0.2) is 13.2 Å². The van der Waals surface area contributed by atoms with Crippen LogP contribution in [0.4, 0.5) is 5.69 Å². The van der Waals surface area contributed by atoms with Gasteiger partial charge in [-0.05, 0) is 78.4 Å². The average Bonchev–Trinajstić information content (AvgIpc) is 2.79. The van der Waals surface area contributed by atoms with E-state index in [1.807, 2.05) is 6.07 Å². The lowest BCUT2D eigenvalue weighted by Crippen LogP contribution is -2.44. The number of nitrogens with one attached hydrogen (secondary N) is 2. The maximum Gasteiger partial charge on any atom is 0.326 e. The lowest BCUT2D eigenvalue weighted by molar-refractivity contribution is -0.140. The predicted octanol–water partition coefficient (Wildman–Crippen LogP) is 5.26. The van der Waals surface area contributed by atoms with Crippen LogP contribution in [0.5, 0.6) is 0 Å². The van der Waals surface area contributed by atoms with Gasteiger partial charge in [0.15, 0.2) is 0 Å². The quantitative estimate of drug-likeness (QED) is 0.379. The van der Waals surface area contributed by atoms with Gasteiger partial charge in [-0.15, -0.1) is 0 Å². The number of halogens is 1. The van der Waals surface area contributed by atoms with E-state index in [1.165, 1.54) is 0 Å². The van der Waals surface area contributed by atoms with Crippen molar-refractivity contribution in [2.24, 2.45) is 5.92 Å². The highest BCUT2D eigenvalue weighted by Crippen LogP contribution is 2.28. The molecule has 3 N–H and O–H groups in total. The number of carbonyl (C=O) groups excluding carboxylic acids is 1. The molecule has 7 nitrogen and oxygen atoms in total. The first-order valence-corrected chi connectivity index (χ1v) is 12.8. The zero-order valence-corrected chi connectivity index (χ0v) is 21.4. The second-order valence-corrected chi connectivity index (χ2v) is 10.7. The third-order valence-electron chi connectivity index (χ3n) is 5.56. The first-order chi connectivity index (χ1) is 16.4. The molecule has 9 heteroatoms.